The zero-order chi connectivity index (χ0) is 13.5. The van der Waals surface area contributed by atoms with E-state index >= 15 is 0 Å². The second-order valence-corrected chi connectivity index (χ2v) is 4.63. The Hall–Kier alpha value is -1.43. The highest BCUT2D eigenvalue weighted by Crippen LogP contribution is 2.08. The monoisotopic (exact) mass is 263 g/mol. The Bertz CT molecular complexity index is 391. The average Bonchev–Trinajstić information content (AvgIpc) is 2.48. The first-order chi connectivity index (χ1) is 9.27. The Balaban J connectivity index is 1.72. The molecule has 0 aliphatic carbocycles. The van der Waals surface area contributed by atoms with Crippen LogP contribution in [0, 0.1) is 0 Å². The fourth-order valence-corrected chi connectivity index (χ4v) is 2.08. The van der Waals surface area contributed by atoms with Crippen molar-refractivity contribution in [3.8, 4) is 0 Å². The Morgan fingerprint density at radius 3 is 2.68 bits per heavy atom. The summed E-state index contributed by atoms with van der Waals surface area (Å²) in [5.74, 6) is -0.126. The first kappa shape index (κ1) is 14.0. The number of morpholine rings is 1. The van der Waals surface area contributed by atoms with Gasteiger partial charge in [-0.3, -0.25) is 9.69 Å². The summed E-state index contributed by atoms with van der Waals surface area (Å²) in [5.41, 5.74) is 6.75. The van der Waals surface area contributed by atoms with Gasteiger partial charge in [0, 0.05) is 26.2 Å². The quantitative estimate of drug-likeness (QED) is 0.792. The van der Waals surface area contributed by atoms with Crippen molar-refractivity contribution in [1.82, 2.24) is 10.2 Å². The van der Waals surface area contributed by atoms with Crippen molar-refractivity contribution in [3.05, 3.63) is 35.9 Å². The molecule has 1 aromatic carbocycles. The summed E-state index contributed by atoms with van der Waals surface area (Å²) >= 11 is 0. The molecule has 0 unspecified atom stereocenters. The Kier molecular flexibility index (Phi) is 5.32. The molecule has 1 aromatic rings. The summed E-state index contributed by atoms with van der Waals surface area (Å²) in [6.45, 7) is 4.88. The summed E-state index contributed by atoms with van der Waals surface area (Å²) in [5, 5.41) is 2.88. The molecule has 1 saturated heterocycles. The van der Waals surface area contributed by atoms with Crippen LogP contribution in [0.1, 0.15) is 11.6 Å². The molecule has 19 heavy (non-hydrogen) atoms. The topological polar surface area (TPSA) is 67.6 Å². The van der Waals surface area contributed by atoms with Crippen LogP contribution < -0.4 is 11.1 Å². The highest BCUT2D eigenvalue weighted by Gasteiger charge is 2.15. The van der Waals surface area contributed by atoms with Crippen molar-refractivity contribution < 1.29 is 9.53 Å². The molecule has 1 aliphatic rings. The summed E-state index contributed by atoms with van der Waals surface area (Å²) < 4.78 is 5.27. The van der Waals surface area contributed by atoms with Crippen LogP contribution in [0.4, 0.5) is 0 Å². The molecule has 1 fully saturated rings. The third kappa shape index (κ3) is 4.31. The molecule has 1 aliphatic heterocycles. The van der Waals surface area contributed by atoms with Gasteiger partial charge in [-0.2, -0.15) is 0 Å². The van der Waals surface area contributed by atoms with E-state index in [9.17, 15) is 4.79 Å². The number of carbonyl (C=O) groups is 1. The number of carbonyl (C=O) groups excluding carboxylic acids is 1. The van der Waals surface area contributed by atoms with Crippen LogP contribution in [0.25, 0.3) is 0 Å². The van der Waals surface area contributed by atoms with Gasteiger partial charge in [0.1, 0.15) is 6.04 Å². The van der Waals surface area contributed by atoms with Gasteiger partial charge in [-0.05, 0) is 5.56 Å². The summed E-state index contributed by atoms with van der Waals surface area (Å²) in [7, 11) is 0. The van der Waals surface area contributed by atoms with E-state index in [0.717, 1.165) is 38.4 Å². The number of nitrogens with one attached hydrogen (secondary N) is 1. The van der Waals surface area contributed by atoms with Gasteiger partial charge in [0.2, 0.25) is 5.91 Å². The number of rotatable bonds is 5. The molecule has 0 aromatic heterocycles. The van der Waals surface area contributed by atoms with Gasteiger partial charge in [-0.15, -0.1) is 0 Å². The lowest BCUT2D eigenvalue weighted by Crippen LogP contribution is -2.43. The van der Waals surface area contributed by atoms with E-state index < -0.39 is 6.04 Å². The van der Waals surface area contributed by atoms with E-state index in [2.05, 4.69) is 10.2 Å². The molecule has 2 rings (SSSR count). The van der Waals surface area contributed by atoms with E-state index in [-0.39, 0.29) is 5.91 Å². The molecule has 1 atom stereocenters. The average molecular weight is 263 g/mol. The summed E-state index contributed by atoms with van der Waals surface area (Å²) in [4.78, 5) is 14.2. The number of hydrogen-bond donors (Lipinski definition) is 2. The van der Waals surface area contributed by atoms with Crippen molar-refractivity contribution in [2.75, 3.05) is 39.4 Å². The first-order valence-corrected chi connectivity index (χ1v) is 6.66. The maximum Gasteiger partial charge on any atom is 0.241 e. The van der Waals surface area contributed by atoms with Crippen LogP contribution in [0.2, 0.25) is 0 Å². The zero-order valence-electron chi connectivity index (χ0n) is 11.0. The van der Waals surface area contributed by atoms with Crippen LogP contribution in [-0.2, 0) is 9.53 Å². The molecule has 1 heterocycles. The molecule has 3 N–H and O–H groups in total. The fourth-order valence-electron chi connectivity index (χ4n) is 2.08. The second-order valence-electron chi connectivity index (χ2n) is 4.63. The number of hydrogen-bond acceptors (Lipinski definition) is 4. The number of nitrogens with two attached hydrogens (primary N) is 1. The second kappa shape index (κ2) is 7.23. The third-order valence-corrected chi connectivity index (χ3v) is 3.27. The molecule has 0 spiro atoms. The van der Waals surface area contributed by atoms with Gasteiger partial charge in [0.25, 0.3) is 0 Å². The molecular weight excluding hydrogens is 242 g/mol. The van der Waals surface area contributed by atoms with Gasteiger partial charge in [0.15, 0.2) is 0 Å². The van der Waals surface area contributed by atoms with Crippen LogP contribution in [0.5, 0.6) is 0 Å². The summed E-state index contributed by atoms with van der Waals surface area (Å²) in [6.07, 6.45) is 0. The lowest BCUT2D eigenvalue weighted by molar-refractivity contribution is -0.122. The molecule has 0 radical (unpaired) electrons. The van der Waals surface area contributed by atoms with Crippen LogP contribution in [-0.4, -0.2) is 50.2 Å². The SMILES string of the molecule is N[C@@H](C(=O)NCCN1CCOCC1)c1ccccc1. The van der Waals surface area contributed by atoms with Gasteiger partial charge >= 0.3 is 0 Å². The molecule has 104 valence electrons. The number of amides is 1. The molecule has 0 saturated carbocycles. The first-order valence-electron chi connectivity index (χ1n) is 6.66. The van der Waals surface area contributed by atoms with E-state index in [0.29, 0.717) is 6.54 Å². The Morgan fingerprint density at radius 1 is 1.32 bits per heavy atom. The van der Waals surface area contributed by atoms with Crippen molar-refractivity contribution >= 4 is 5.91 Å². The largest absolute Gasteiger partial charge is 0.379 e. The summed E-state index contributed by atoms with van der Waals surface area (Å²) in [6, 6.07) is 8.82. The molecular formula is C14H21N3O2. The van der Waals surface area contributed by atoms with Crippen LogP contribution in [0.15, 0.2) is 30.3 Å². The van der Waals surface area contributed by atoms with Gasteiger partial charge in [0.05, 0.1) is 13.2 Å². The van der Waals surface area contributed by atoms with Crippen LogP contribution in [0.3, 0.4) is 0 Å². The van der Waals surface area contributed by atoms with Gasteiger partial charge in [-0.25, -0.2) is 0 Å². The molecule has 5 heteroatoms. The molecule has 1 amide bonds. The fraction of sp³-hybridized carbons (Fsp3) is 0.500. The van der Waals surface area contributed by atoms with Crippen LogP contribution >= 0.6 is 0 Å². The van der Waals surface area contributed by atoms with Gasteiger partial charge < -0.3 is 15.8 Å². The van der Waals surface area contributed by atoms with Crippen molar-refractivity contribution in [2.45, 2.75) is 6.04 Å². The normalized spacial score (nSPS) is 17.9. The Morgan fingerprint density at radius 2 is 2.00 bits per heavy atom. The molecule has 0 bridgehead atoms. The highest BCUT2D eigenvalue weighted by molar-refractivity contribution is 5.82. The van der Waals surface area contributed by atoms with E-state index in [1.807, 2.05) is 30.3 Å². The van der Waals surface area contributed by atoms with Crippen molar-refractivity contribution in [3.63, 3.8) is 0 Å². The lowest BCUT2D eigenvalue weighted by atomic mass is 10.1. The third-order valence-electron chi connectivity index (χ3n) is 3.27. The standard InChI is InChI=1S/C14H21N3O2/c15-13(12-4-2-1-3-5-12)14(18)16-6-7-17-8-10-19-11-9-17/h1-5,13H,6-11,15H2,(H,16,18)/t13-/m1/s1. The number of benzene rings is 1. The number of nitrogens with zero attached hydrogens (tertiary/aromatic N) is 1. The predicted molar refractivity (Wildman–Crippen MR) is 73.6 cm³/mol. The Labute approximate surface area is 113 Å². The van der Waals surface area contributed by atoms with Crippen molar-refractivity contribution in [1.29, 1.82) is 0 Å². The maximum absolute atomic E-state index is 11.9. The number of ether oxygens (including phenoxy) is 1. The van der Waals surface area contributed by atoms with E-state index in [4.69, 9.17) is 10.5 Å². The highest BCUT2D eigenvalue weighted by atomic mass is 16.5. The van der Waals surface area contributed by atoms with E-state index in [1.54, 1.807) is 0 Å². The minimum atomic E-state index is -0.592. The zero-order valence-corrected chi connectivity index (χ0v) is 11.0. The van der Waals surface area contributed by atoms with Crippen molar-refractivity contribution in [2.24, 2.45) is 5.73 Å². The minimum absolute atomic E-state index is 0.126. The maximum atomic E-state index is 11.9. The smallest absolute Gasteiger partial charge is 0.241 e. The minimum Gasteiger partial charge on any atom is -0.379 e. The van der Waals surface area contributed by atoms with E-state index in [1.165, 1.54) is 0 Å². The van der Waals surface area contributed by atoms with Gasteiger partial charge in [-0.1, -0.05) is 30.3 Å². The molecule has 5 nitrogen and oxygen atoms in total. The predicted octanol–water partition coefficient (Wildman–Crippen LogP) is 0.135. The lowest BCUT2D eigenvalue weighted by Gasteiger charge is -2.26.